The molecule has 0 N–H and O–H groups in total. The Morgan fingerprint density at radius 1 is 0.923 bits per heavy atom. The lowest BCUT2D eigenvalue weighted by Gasteiger charge is -2.13. The second-order valence-electron chi connectivity index (χ2n) is 6.52. The standard InChI is InChI=1S/C22H24F2O2/c1-2-26-20-13-12-19(21(23)22(20)24)18-10-8-17(9-11-18)15-25-14-16-6-4-3-5-7-16/h8-14H,2-7,15H2,1H3. The summed E-state index contributed by atoms with van der Waals surface area (Å²) in [6.07, 6.45) is 7.93. The lowest BCUT2D eigenvalue weighted by atomic mass is 9.96. The van der Waals surface area contributed by atoms with Gasteiger partial charge in [0.2, 0.25) is 5.82 Å². The molecule has 138 valence electrons. The molecule has 0 saturated heterocycles. The Bertz CT molecular complexity index is 758. The van der Waals surface area contributed by atoms with E-state index >= 15 is 0 Å². The summed E-state index contributed by atoms with van der Waals surface area (Å²) in [5.41, 5.74) is 3.22. The first-order valence-corrected chi connectivity index (χ1v) is 9.18. The molecule has 0 atom stereocenters. The summed E-state index contributed by atoms with van der Waals surface area (Å²) in [5.74, 6) is -1.90. The van der Waals surface area contributed by atoms with Crippen molar-refractivity contribution in [3.63, 3.8) is 0 Å². The van der Waals surface area contributed by atoms with Crippen molar-refractivity contribution in [3.05, 3.63) is 65.4 Å². The number of hydrogen-bond donors (Lipinski definition) is 0. The van der Waals surface area contributed by atoms with Crippen LogP contribution in [-0.4, -0.2) is 6.61 Å². The Labute approximate surface area is 153 Å². The minimum absolute atomic E-state index is 0.0606. The van der Waals surface area contributed by atoms with Gasteiger partial charge in [-0.3, -0.25) is 0 Å². The Morgan fingerprint density at radius 3 is 2.35 bits per heavy atom. The molecule has 0 unspecified atom stereocenters. The minimum Gasteiger partial charge on any atom is -0.497 e. The Morgan fingerprint density at radius 2 is 1.65 bits per heavy atom. The monoisotopic (exact) mass is 358 g/mol. The summed E-state index contributed by atoms with van der Waals surface area (Å²) in [6.45, 7) is 2.50. The smallest absolute Gasteiger partial charge is 0.201 e. The van der Waals surface area contributed by atoms with E-state index in [-0.39, 0.29) is 11.3 Å². The van der Waals surface area contributed by atoms with Gasteiger partial charge in [-0.2, -0.15) is 4.39 Å². The summed E-state index contributed by atoms with van der Waals surface area (Å²) in [5, 5.41) is 0. The van der Waals surface area contributed by atoms with Crippen LogP contribution >= 0.6 is 0 Å². The van der Waals surface area contributed by atoms with Gasteiger partial charge in [0, 0.05) is 5.56 Å². The van der Waals surface area contributed by atoms with Gasteiger partial charge in [-0.1, -0.05) is 30.7 Å². The lowest BCUT2D eigenvalue weighted by Crippen LogP contribution is -1.98. The van der Waals surface area contributed by atoms with Crippen LogP contribution < -0.4 is 4.74 Å². The quantitative estimate of drug-likeness (QED) is 0.557. The minimum atomic E-state index is -0.948. The molecule has 1 aliphatic rings. The summed E-state index contributed by atoms with van der Waals surface area (Å²) < 4.78 is 39.1. The van der Waals surface area contributed by atoms with Crippen molar-refractivity contribution in [1.82, 2.24) is 0 Å². The average Bonchev–Trinajstić information content (AvgIpc) is 2.67. The maximum Gasteiger partial charge on any atom is 0.201 e. The van der Waals surface area contributed by atoms with Crippen molar-refractivity contribution in [2.45, 2.75) is 45.6 Å². The van der Waals surface area contributed by atoms with Crippen LogP contribution in [0.5, 0.6) is 5.75 Å². The van der Waals surface area contributed by atoms with E-state index in [1.165, 1.54) is 30.9 Å². The SMILES string of the molecule is CCOc1ccc(-c2ccc(COC=C3CCCCC3)cc2)c(F)c1F. The van der Waals surface area contributed by atoms with E-state index in [4.69, 9.17) is 9.47 Å². The summed E-state index contributed by atoms with van der Waals surface area (Å²) in [6, 6.07) is 10.3. The molecule has 2 aromatic carbocycles. The van der Waals surface area contributed by atoms with Crippen molar-refractivity contribution < 1.29 is 18.3 Å². The predicted molar refractivity (Wildman–Crippen MR) is 98.9 cm³/mol. The highest BCUT2D eigenvalue weighted by Gasteiger charge is 2.15. The maximum atomic E-state index is 14.3. The van der Waals surface area contributed by atoms with Crippen LogP contribution in [0.2, 0.25) is 0 Å². The van der Waals surface area contributed by atoms with E-state index in [1.807, 2.05) is 18.4 Å². The second kappa shape index (κ2) is 8.84. The largest absolute Gasteiger partial charge is 0.497 e. The molecule has 2 nitrogen and oxygen atoms in total. The number of benzene rings is 2. The van der Waals surface area contributed by atoms with Gasteiger partial charge in [0.25, 0.3) is 0 Å². The molecule has 0 radical (unpaired) electrons. The maximum absolute atomic E-state index is 14.3. The fraction of sp³-hybridized carbons (Fsp3) is 0.364. The van der Waals surface area contributed by atoms with E-state index in [1.54, 1.807) is 25.1 Å². The highest BCUT2D eigenvalue weighted by Crippen LogP contribution is 2.30. The third-order valence-corrected chi connectivity index (χ3v) is 4.61. The number of hydrogen-bond acceptors (Lipinski definition) is 2. The van der Waals surface area contributed by atoms with Crippen LogP contribution in [0.15, 0.2) is 48.2 Å². The molecule has 0 aliphatic heterocycles. The predicted octanol–water partition coefficient (Wildman–Crippen LogP) is 6.40. The molecule has 1 aliphatic carbocycles. The van der Waals surface area contributed by atoms with Crippen LogP contribution in [0.4, 0.5) is 8.78 Å². The number of rotatable bonds is 6. The molecule has 2 aromatic rings. The number of ether oxygens (including phenoxy) is 2. The van der Waals surface area contributed by atoms with Crippen LogP contribution in [0.3, 0.4) is 0 Å². The molecular weight excluding hydrogens is 334 g/mol. The highest BCUT2D eigenvalue weighted by atomic mass is 19.2. The van der Waals surface area contributed by atoms with E-state index in [2.05, 4.69) is 0 Å². The zero-order chi connectivity index (χ0) is 18.4. The van der Waals surface area contributed by atoms with Gasteiger partial charge in [-0.05, 0) is 61.4 Å². The average molecular weight is 358 g/mol. The number of halogens is 2. The Hall–Kier alpha value is -2.36. The molecule has 1 saturated carbocycles. The Balaban J connectivity index is 1.66. The normalized spacial score (nSPS) is 14.2. The van der Waals surface area contributed by atoms with Gasteiger partial charge in [0.05, 0.1) is 12.9 Å². The summed E-state index contributed by atoms with van der Waals surface area (Å²) >= 11 is 0. The molecule has 0 heterocycles. The molecule has 0 spiro atoms. The molecule has 3 rings (SSSR count). The van der Waals surface area contributed by atoms with Gasteiger partial charge >= 0.3 is 0 Å². The van der Waals surface area contributed by atoms with Crippen molar-refractivity contribution in [2.75, 3.05) is 6.61 Å². The molecule has 1 fully saturated rings. The zero-order valence-corrected chi connectivity index (χ0v) is 15.1. The van der Waals surface area contributed by atoms with Crippen LogP contribution in [0.25, 0.3) is 11.1 Å². The topological polar surface area (TPSA) is 18.5 Å². The van der Waals surface area contributed by atoms with Gasteiger partial charge in [-0.15, -0.1) is 0 Å². The first kappa shape index (κ1) is 18.4. The molecule has 0 bridgehead atoms. The van der Waals surface area contributed by atoms with Crippen molar-refractivity contribution in [2.24, 2.45) is 0 Å². The first-order valence-electron chi connectivity index (χ1n) is 9.18. The molecular formula is C22H24F2O2. The second-order valence-corrected chi connectivity index (χ2v) is 6.52. The van der Waals surface area contributed by atoms with E-state index in [9.17, 15) is 8.78 Å². The molecule has 0 aromatic heterocycles. The van der Waals surface area contributed by atoms with E-state index in [0.717, 1.165) is 18.4 Å². The van der Waals surface area contributed by atoms with Crippen LogP contribution in [-0.2, 0) is 11.3 Å². The van der Waals surface area contributed by atoms with E-state index in [0.29, 0.717) is 18.8 Å². The molecule has 4 heteroatoms. The molecule has 26 heavy (non-hydrogen) atoms. The Kier molecular flexibility index (Phi) is 6.26. The third kappa shape index (κ3) is 4.43. The number of allylic oxidation sites excluding steroid dienone is 1. The van der Waals surface area contributed by atoms with Crippen molar-refractivity contribution in [1.29, 1.82) is 0 Å². The lowest BCUT2D eigenvalue weighted by molar-refractivity contribution is 0.230. The fourth-order valence-electron chi connectivity index (χ4n) is 3.18. The third-order valence-electron chi connectivity index (χ3n) is 4.61. The van der Waals surface area contributed by atoms with Crippen LogP contribution in [0, 0.1) is 11.6 Å². The van der Waals surface area contributed by atoms with Gasteiger partial charge < -0.3 is 9.47 Å². The fourth-order valence-corrected chi connectivity index (χ4v) is 3.18. The van der Waals surface area contributed by atoms with Crippen molar-refractivity contribution >= 4 is 0 Å². The highest BCUT2D eigenvalue weighted by molar-refractivity contribution is 5.65. The first-order chi connectivity index (χ1) is 12.7. The summed E-state index contributed by atoms with van der Waals surface area (Å²) in [4.78, 5) is 0. The summed E-state index contributed by atoms with van der Waals surface area (Å²) in [7, 11) is 0. The zero-order valence-electron chi connectivity index (χ0n) is 15.1. The van der Waals surface area contributed by atoms with Gasteiger partial charge in [0.1, 0.15) is 6.61 Å². The molecule has 0 amide bonds. The van der Waals surface area contributed by atoms with Gasteiger partial charge in [0.15, 0.2) is 11.6 Å². The van der Waals surface area contributed by atoms with Crippen molar-refractivity contribution in [3.8, 4) is 16.9 Å². The van der Waals surface area contributed by atoms with Crippen LogP contribution in [0.1, 0.15) is 44.6 Å². The van der Waals surface area contributed by atoms with E-state index < -0.39 is 11.6 Å². The van der Waals surface area contributed by atoms with Gasteiger partial charge in [-0.25, -0.2) is 4.39 Å².